The molecule has 1 aromatic rings. The largest absolute Gasteiger partial charge is 0.508 e. The molecule has 1 aromatic carbocycles. The lowest BCUT2D eigenvalue weighted by Crippen LogP contribution is -2.67. The molecule has 1 rings (SSSR count). The number of aliphatic hydroxyl groups is 1. The van der Waals surface area contributed by atoms with Gasteiger partial charge in [-0.2, -0.15) is 0 Å². The van der Waals surface area contributed by atoms with E-state index in [2.05, 4.69) is 20.8 Å². The minimum atomic E-state index is -1.33. The van der Waals surface area contributed by atoms with E-state index < -0.39 is 44.6 Å². The van der Waals surface area contributed by atoms with Gasteiger partial charge in [0.15, 0.2) is 0 Å². The van der Waals surface area contributed by atoms with Crippen LogP contribution in [0.15, 0.2) is 24.3 Å². The number of phenolic OH excluding ortho intramolecular Hbond substituents is 1. The Morgan fingerprint density at radius 1 is 0.766 bits per heavy atom. The fraction of sp³-hybridized carbons (Fsp3) is 0.763. The van der Waals surface area contributed by atoms with Crippen LogP contribution >= 0.6 is 0 Å². The van der Waals surface area contributed by atoms with Gasteiger partial charge >= 0.3 is 17.9 Å². The highest BCUT2D eigenvalue weighted by molar-refractivity contribution is 5.80. The maximum atomic E-state index is 14.2. The summed E-state index contributed by atoms with van der Waals surface area (Å²) in [6, 6.07) is 5.97. The Balaban J connectivity index is 3.74. The summed E-state index contributed by atoms with van der Waals surface area (Å²) < 4.78 is 16.8. The number of aromatic hydroxyl groups is 1. The molecule has 0 aliphatic rings. The predicted molar refractivity (Wildman–Crippen MR) is 186 cm³/mol. The zero-order chi connectivity index (χ0) is 37.0. The van der Waals surface area contributed by atoms with Gasteiger partial charge in [0.05, 0.1) is 30.0 Å². The molecule has 0 radical (unpaired) electrons. The third-order valence-corrected chi connectivity index (χ3v) is 11.4. The smallest absolute Gasteiger partial charge is 0.317 e. The van der Waals surface area contributed by atoms with Crippen LogP contribution in [0.4, 0.5) is 0 Å². The Hall–Kier alpha value is -2.65. The van der Waals surface area contributed by atoms with Gasteiger partial charge in [0, 0.05) is 5.54 Å². The lowest BCUT2D eigenvalue weighted by Gasteiger charge is -2.57. The normalized spacial score (nSPS) is 18.6. The van der Waals surface area contributed by atoms with Crippen LogP contribution in [0.3, 0.4) is 0 Å². The van der Waals surface area contributed by atoms with Gasteiger partial charge in [0.25, 0.3) is 0 Å². The van der Waals surface area contributed by atoms with Gasteiger partial charge in [0.1, 0.15) is 18.1 Å². The van der Waals surface area contributed by atoms with Crippen molar-refractivity contribution in [2.24, 2.45) is 50.1 Å². The Morgan fingerprint density at radius 2 is 1.28 bits per heavy atom. The topological polar surface area (TPSA) is 145 Å². The summed E-state index contributed by atoms with van der Waals surface area (Å²) >= 11 is 0. The molecule has 0 aliphatic carbocycles. The van der Waals surface area contributed by atoms with Crippen LogP contribution in [-0.4, -0.2) is 54.0 Å². The summed E-state index contributed by atoms with van der Waals surface area (Å²) in [4.78, 5) is 41.4. The minimum Gasteiger partial charge on any atom is -0.508 e. The average Bonchev–Trinajstić information content (AvgIpc) is 2.94. The molecular weight excluding hydrogens is 598 g/mol. The van der Waals surface area contributed by atoms with Crippen molar-refractivity contribution in [3.63, 3.8) is 0 Å². The highest BCUT2D eigenvalue weighted by Crippen LogP contribution is 2.57. The van der Waals surface area contributed by atoms with Gasteiger partial charge in [-0.15, -0.1) is 0 Å². The molecule has 0 amide bonds. The molecule has 0 aromatic heterocycles. The summed E-state index contributed by atoms with van der Waals surface area (Å²) in [7, 11) is 1.40. The molecule has 0 spiro atoms. The van der Waals surface area contributed by atoms with Crippen LogP contribution in [0.1, 0.15) is 116 Å². The number of benzene rings is 1. The molecule has 47 heavy (non-hydrogen) atoms. The summed E-state index contributed by atoms with van der Waals surface area (Å²) in [5.41, 5.74) is 1.21. The third-order valence-electron chi connectivity index (χ3n) is 11.4. The number of rotatable bonds is 16. The van der Waals surface area contributed by atoms with Crippen molar-refractivity contribution in [2.45, 2.75) is 122 Å². The van der Waals surface area contributed by atoms with Gasteiger partial charge in [-0.25, -0.2) is 0 Å². The molecule has 0 bridgehead atoms. The van der Waals surface area contributed by atoms with Gasteiger partial charge < -0.3 is 30.2 Å². The first-order chi connectivity index (χ1) is 21.1. The van der Waals surface area contributed by atoms with Gasteiger partial charge in [-0.3, -0.25) is 14.4 Å². The maximum Gasteiger partial charge on any atom is 0.317 e. The van der Waals surface area contributed by atoms with E-state index in [9.17, 15) is 24.6 Å². The first-order valence-corrected chi connectivity index (χ1v) is 16.7. The number of carbonyl (C=O) groups excluding carboxylic acids is 3. The van der Waals surface area contributed by atoms with Crippen molar-refractivity contribution in [1.29, 1.82) is 0 Å². The number of esters is 3. The second-order valence-corrected chi connectivity index (χ2v) is 17.4. The van der Waals surface area contributed by atoms with Crippen LogP contribution < -0.4 is 10.5 Å². The number of hydrogen-bond acceptors (Lipinski definition) is 9. The molecule has 0 saturated heterocycles. The average molecular weight is 664 g/mol. The number of hydrogen-bond donors (Lipinski definition) is 3. The number of phenols is 1. The molecular formula is C38H65NO8. The van der Waals surface area contributed by atoms with Gasteiger partial charge in [-0.05, 0) is 99.3 Å². The molecule has 0 saturated carbocycles. The number of nitrogens with two attached hydrogens (primary N) is 1. The van der Waals surface area contributed by atoms with E-state index in [0.717, 1.165) is 0 Å². The molecule has 5 unspecified atom stereocenters. The molecule has 0 aliphatic heterocycles. The number of ether oxygens (including phenoxy) is 3. The van der Waals surface area contributed by atoms with Gasteiger partial charge in [0.2, 0.25) is 0 Å². The van der Waals surface area contributed by atoms with Crippen molar-refractivity contribution >= 4 is 17.9 Å². The SMILES string of the molecule is COC(=O)C(C)(CC(C)(C)C)C(C)C(C)(C)CC(C)(C(=O)OCCO)C(C)(N)C(C)(C)CC(C)(C(=O)Oc1ccc(O)cc1)C(C)C. The summed E-state index contributed by atoms with van der Waals surface area (Å²) in [5, 5.41) is 19.2. The lowest BCUT2D eigenvalue weighted by molar-refractivity contribution is -0.173. The fourth-order valence-electron chi connectivity index (χ4n) is 7.53. The summed E-state index contributed by atoms with van der Waals surface area (Å²) in [6.07, 6.45) is 1.07. The molecule has 9 nitrogen and oxygen atoms in total. The Bertz CT molecular complexity index is 1230. The zero-order valence-electron chi connectivity index (χ0n) is 31.9. The fourth-order valence-corrected chi connectivity index (χ4v) is 7.53. The van der Waals surface area contributed by atoms with Gasteiger partial charge in [-0.1, -0.05) is 69.2 Å². The third kappa shape index (κ3) is 9.28. The van der Waals surface area contributed by atoms with Crippen molar-refractivity contribution in [1.82, 2.24) is 0 Å². The van der Waals surface area contributed by atoms with Crippen LogP contribution in [0.2, 0.25) is 0 Å². The van der Waals surface area contributed by atoms with Crippen molar-refractivity contribution in [2.75, 3.05) is 20.3 Å². The molecule has 0 fully saturated rings. The molecule has 270 valence electrons. The summed E-state index contributed by atoms with van der Waals surface area (Å²) in [5.74, 6) is -1.36. The van der Waals surface area contributed by atoms with E-state index >= 15 is 0 Å². The van der Waals surface area contributed by atoms with Crippen LogP contribution in [0, 0.1) is 44.3 Å². The van der Waals surface area contributed by atoms with Crippen molar-refractivity contribution in [3.8, 4) is 11.5 Å². The maximum absolute atomic E-state index is 14.2. The highest BCUT2D eigenvalue weighted by Gasteiger charge is 2.61. The minimum absolute atomic E-state index is 0.0615. The van der Waals surface area contributed by atoms with Crippen molar-refractivity contribution in [3.05, 3.63) is 24.3 Å². The highest BCUT2D eigenvalue weighted by atomic mass is 16.5. The summed E-state index contributed by atoms with van der Waals surface area (Å²) in [6.45, 7) is 27.0. The van der Waals surface area contributed by atoms with Crippen LogP contribution in [-0.2, 0) is 23.9 Å². The Kier molecular flexibility index (Phi) is 13.4. The number of carbonyl (C=O) groups is 3. The van der Waals surface area contributed by atoms with E-state index in [0.29, 0.717) is 12.2 Å². The van der Waals surface area contributed by atoms with Crippen molar-refractivity contribution < 1.29 is 38.8 Å². The molecule has 5 atom stereocenters. The second kappa shape index (κ2) is 14.9. The number of aliphatic hydroxyl groups excluding tert-OH is 1. The van der Waals surface area contributed by atoms with E-state index in [1.54, 1.807) is 6.92 Å². The van der Waals surface area contributed by atoms with E-state index in [-0.39, 0.29) is 55.0 Å². The Labute approximate surface area is 284 Å². The number of methoxy groups -OCH3 is 1. The second-order valence-electron chi connectivity index (χ2n) is 17.4. The molecule has 9 heteroatoms. The zero-order valence-corrected chi connectivity index (χ0v) is 31.9. The monoisotopic (exact) mass is 663 g/mol. The van der Waals surface area contributed by atoms with E-state index in [1.807, 2.05) is 69.2 Å². The van der Waals surface area contributed by atoms with Crippen LogP contribution in [0.25, 0.3) is 0 Å². The van der Waals surface area contributed by atoms with E-state index in [4.69, 9.17) is 19.9 Å². The van der Waals surface area contributed by atoms with E-state index in [1.165, 1.54) is 31.4 Å². The Morgan fingerprint density at radius 3 is 1.70 bits per heavy atom. The first kappa shape index (κ1) is 42.4. The van der Waals surface area contributed by atoms with Crippen LogP contribution in [0.5, 0.6) is 11.5 Å². The molecule has 4 N–H and O–H groups in total. The first-order valence-electron chi connectivity index (χ1n) is 16.7. The standard InChI is InChI=1S/C38H65NO8/c1-25(2)35(11,30(43)47-28-18-16-27(41)17-19-28)24-34(9,10)38(14,39)37(13,31(44)46-21-20-40)23-33(7,8)26(3)36(12,29(42)45-15)22-32(4,5)6/h16-19,25-26,40-41H,20-24,39H2,1-15H3. The quantitative estimate of drug-likeness (QED) is 0.122. The molecule has 0 heterocycles. The predicted octanol–water partition coefficient (Wildman–Crippen LogP) is 7.30. The lowest BCUT2D eigenvalue weighted by atomic mass is 9.49.